The molecule has 0 spiro atoms. The van der Waals surface area contributed by atoms with Gasteiger partial charge >= 0.3 is 6.18 Å². The number of halogens is 3. The van der Waals surface area contributed by atoms with Crippen molar-refractivity contribution in [2.75, 3.05) is 13.1 Å². The summed E-state index contributed by atoms with van der Waals surface area (Å²) < 4.78 is 37.8. The molecule has 1 aliphatic rings. The maximum absolute atomic E-state index is 12.6. The van der Waals surface area contributed by atoms with Gasteiger partial charge in [0.25, 0.3) is 0 Å². The van der Waals surface area contributed by atoms with Crippen LogP contribution in [-0.4, -0.2) is 40.8 Å². The zero-order valence-electron chi connectivity index (χ0n) is 11.5. The molecule has 1 atom stereocenters. The molecule has 0 aromatic heterocycles. The first-order valence-corrected chi connectivity index (χ1v) is 6.76. The number of amides is 1. The molecule has 0 aromatic rings. The van der Waals surface area contributed by atoms with Crippen molar-refractivity contribution >= 4 is 5.91 Å². The highest BCUT2D eigenvalue weighted by atomic mass is 19.4. The summed E-state index contributed by atoms with van der Waals surface area (Å²) >= 11 is 0. The topological polar surface area (TPSA) is 40.5 Å². The average molecular weight is 281 g/mol. The highest BCUT2D eigenvalue weighted by Crippen LogP contribution is 2.38. The number of alkyl halides is 3. The molecule has 112 valence electrons. The molecule has 0 aromatic carbocycles. The number of likely N-dealkylation sites (tertiary alicyclic amines) is 1. The monoisotopic (exact) mass is 281 g/mol. The lowest BCUT2D eigenvalue weighted by Gasteiger charge is -2.39. The van der Waals surface area contributed by atoms with Crippen LogP contribution in [0.25, 0.3) is 0 Å². The molecule has 1 heterocycles. The zero-order valence-corrected chi connectivity index (χ0v) is 11.5. The summed E-state index contributed by atoms with van der Waals surface area (Å²) in [7, 11) is 0. The van der Waals surface area contributed by atoms with Gasteiger partial charge in [0.05, 0.1) is 0 Å². The minimum Gasteiger partial charge on any atom is -0.380 e. The summed E-state index contributed by atoms with van der Waals surface area (Å²) in [6.07, 6.45) is -3.17. The predicted octanol–water partition coefficient (Wildman–Crippen LogP) is 2.73. The normalized spacial score (nSPS) is 21.3. The fourth-order valence-corrected chi connectivity index (χ4v) is 2.43. The predicted molar refractivity (Wildman–Crippen MR) is 65.5 cm³/mol. The van der Waals surface area contributed by atoms with Crippen LogP contribution in [0.3, 0.4) is 0 Å². The Morgan fingerprint density at radius 3 is 2.32 bits per heavy atom. The van der Waals surface area contributed by atoms with E-state index in [0.29, 0.717) is 6.42 Å². The summed E-state index contributed by atoms with van der Waals surface area (Å²) in [5, 5.41) is 9.51. The minimum atomic E-state index is -4.61. The Balaban J connectivity index is 2.48. The van der Waals surface area contributed by atoms with Gasteiger partial charge in [-0.2, -0.15) is 13.2 Å². The van der Waals surface area contributed by atoms with Gasteiger partial charge in [0, 0.05) is 32.4 Å². The highest BCUT2D eigenvalue weighted by molar-refractivity contribution is 5.76. The molecule has 0 saturated carbocycles. The highest BCUT2D eigenvalue weighted by Gasteiger charge is 2.54. The van der Waals surface area contributed by atoms with Crippen LogP contribution >= 0.6 is 0 Å². The fourth-order valence-electron chi connectivity index (χ4n) is 2.43. The SMILES string of the molecule is CCCC(C)CC(=O)N1CCC(O)(C(F)(F)F)CC1. The van der Waals surface area contributed by atoms with Crippen LogP contribution in [0.4, 0.5) is 13.2 Å². The maximum Gasteiger partial charge on any atom is 0.417 e. The third kappa shape index (κ3) is 4.09. The molecule has 0 aliphatic carbocycles. The zero-order chi connectivity index (χ0) is 14.7. The van der Waals surface area contributed by atoms with E-state index < -0.39 is 24.6 Å². The van der Waals surface area contributed by atoms with Crippen molar-refractivity contribution < 1.29 is 23.1 Å². The molecule has 1 N–H and O–H groups in total. The van der Waals surface area contributed by atoms with E-state index in [1.165, 1.54) is 4.90 Å². The lowest BCUT2D eigenvalue weighted by molar-refractivity contribution is -0.272. The lowest BCUT2D eigenvalue weighted by Crippen LogP contribution is -2.54. The molecule has 1 amide bonds. The number of hydrogen-bond acceptors (Lipinski definition) is 2. The molecule has 3 nitrogen and oxygen atoms in total. The van der Waals surface area contributed by atoms with E-state index in [0.717, 1.165) is 12.8 Å². The van der Waals surface area contributed by atoms with Crippen LogP contribution in [0.2, 0.25) is 0 Å². The molecule has 0 radical (unpaired) electrons. The maximum atomic E-state index is 12.6. The second-order valence-corrected chi connectivity index (χ2v) is 5.51. The van der Waals surface area contributed by atoms with Gasteiger partial charge in [-0.3, -0.25) is 4.79 Å². The van der Waals surface area contributed by atoms with Crippen LogP contribution in [0, 0.1) is 5.92 Å². The standard InChI is InChI=1S/C13H22F3NO2/c1-3-4-10(2)9-11(18)17-7-5-12(19,6-8-17)13(14,15)16/h10,19H,3-9H2,1-2H3. The van der Waals surface area contributed by atoms with Crippen molar-refractivity contribution in [3.05, 3.63) is 0 Å². The number of aliphatic hydroxyl groups is 1. The third-order valence-electron chi connectivity index (χ3n) is 3.78. The summed E-state index contributed by atoms with van der Waals surface area (Å²) in [4.78, 5) is 13.3. The fraction of sp³-hybridized carbons (Fsp3) is 0.923. The Bertz CT molecular complexity index is 310. The van der Waals surface area contributed by atoms with Crippen LogP contribution < -0.4 is 0 Å². The van der Waals surface area contributed by atoms with Gasteiger partial charge in [-0.1, -0.05) is 26.7 Å². The van der Waals surface area contributed by atoms with Gasteiger partial charge in [0.15, 0.2) is 5.60 Å². The van der Waals surface area contributed by atoms with Crippen molar-refractivity contribution in [2.24, 2.45) is 5.92 Å². The number of nitrogens with zero attached hydrogens (tertiary/aromatic N) is 1. The third-order valence-corrected chi connectivity index (χ3v) is 3.78. The Morgan fingerprint density at radius 1 is 1.37 bits per heavy atom. The summed E-state index contributed by atoms with van der Waals surface area (Å²) in [6, 6.07) is 0. The van der Waals surface area contributed by atoms with Crippen LogP contribution in [0.1, 0.15) is 46.0 Å². The molecule has 0 bridgehead atoms. The second kappa shape index (κ2) is 6.11. The lowest BCUT2D eigenvalue weighted by atomic mass is 9.90. The first-order valence-electron chi connectivity index (χ1n) is 6.76. The van der Waals surface area contributed by atoms with Gasteiger partial charge in [0.2, 0.25) is 5.91 Å². The first kappa shape index (κ1) is 16.3. The van der Waals surface area contributed by atoms with E-state index in [1.807, 2.05) is 13.8 Å². The number of carbonyl (C=O) groups is 1. The smallest absolute Gasteiger partial charge is 0.380 e. The van der Waals surface area contributed by atoms with Crippen LogP contribution in [0.5, 0.6) is 0 Å². The summed E-state index contributed by atoms with van der Waals surface area (Å²) in [5.74, 6) is 0.145. The number of hydrogen-bond donors (Lipinski definition) is 1. The Kier molecular flexibility index (Phi) is 5.24. The number of piperidine rings is 1. The number of carbonyl (C=O) groups excluding carboxylic acids is 1. The Hall–Kier alpha value is -0.780. The van der Waals surface area contributed by atoms with Crippen LogP contribution in [-0.2, 0) is 4.79 Å². The van der Waals surface area contributed by atoms with Gasteiger partial charge in [-0.15, -0.1) is 0 Å². The molecule has 19 heavy (non-hydrogen) atoms. The van der Waals surface area contributed by atoms with E-state index in [1.54, 1.807) is 0 Å². The van der Waals surface area contributed by atoms with Crippen LogP contribution in [0.15, 0.2) is 0 Å². The quantitative estimate of drug-likeness (QED) is 0.860. The molecule has 1 rings (SSSR count). The Labute approximate surface area is 111 Å². The van der Waals surface area contributed by atoms with Crippen molar-refractivity contribution in [3.63, 3.8) is 0 Å². The number of rotatable bonds is 4. The van der Waals surface area contributed by atoms with Crippen molar-refractivity contribution in [2.45, 2.75) is 57.7 Å². The second-order valence-electron chi connectivity index (χ2n) is 5.51. The van der Waals surface area contributed by atoms with Gasteiger partial charge in [-0.25, -0.2) is 0 Å². The average Bonchev–Trinajstić information content (AvgIpc) is 2.28. The van der Waals surface area contributed by atoms with E-state index in [2.05, 4.69) is 0 Å². The van der Waals surface area contributed by atoms with E-state index >= 15 is 0 Å². The molecule has 6 heteroatoms. The first-order chi connectivity index (χ1) is 8.69. The van der Waals surface area contributed by atoms with Crippen molar-refractivity contribution in [1.29, 1.82) is 0 Å². The summed E-state index contributed by atoms with van der Waals surface area (Å²) in [6.45, 7) is 3.96. The molecule has 1 fully saturated rings. The van der Waals surface area contributed by atoms with E-state index in [4.69, 9.17) is 0 Å². The molecular weight excluding hydrogens is 259 g/mol. The van der Waals surface area contributed by atoms with E-state index in [-0.39, 0.29) is 24.9 Å². The van der Waals surface area contributed by atoms with E-state index in [9.17, 15) is 23.1 Å². The largest absolute Gasteiger partial charge is 0.417 e. The molecule has 1 aliphatic heterocycles. The minimum absolute atomic E-state index is 0.0202. The molecule has 1 unspecified atom stereocenters. The van der Waals surface area contributed by atoms with Crippen molar-refractivity contribution in [3.8, 4) is 0 Å². The Morgan fingerprint density at radius 2 is 1.89 bits per heavy atom. The van der Waals surface area contributed by atoms with Gasteiger partial charge < -0.3 is 10.0 Å². The van der Waals surface area contributed by atoms with Gasteiger partial charge in [0.1, 0.15) is 0 Å². The summed E-state index contributed by atoms with van der Waals surface area (Å²) in [5.41, 5.74) is -2.63. The van der Waals surface area contributed by atoms with Gasteiger partial charge in [-0.05, 0) is 5.92 Å². The molecule has 1 saturated heterocycles. The molecular formula is C13H22F3NO2. The van der Waals surface area contributed by atoms with Crippen molar-refractivity contribution in [1.82, 2.24) is 4.90 Å².